The van der Waals surface area contributed by atoms with Gasteiger partial charge in [-0.1, -0.05) is 17.7 Å². The SMILES string of the molecule is CC1=C2C(=O)N(CC(=O)NCCC(C)Oc3cccc(Cl)c3)C=N[N+]2C=N1. The lowest BCUT2D eigenvalue weighted by molar-refractivity contribution is -0.130. The standard InChI is InChI=1S/C18H20ClN5O3/c1-12(27-15-5-3-4-14(19)8-15)6-7-20-16(25)9-23-11-22-24-10-21-13(2)17(24)18(23)26/h3-5,8,10-12H,6-7,9H2,1-2H3,(H,20,25)/q+1. The minimum absolute atomic E-state index is 0.0982. The number of carbonyl (C=O) groups is 2. The molecule has 0 saturated carbocycles. The summed E-state index contributed by atoms with van der Waals surface area (Å²) >= 11 is 5.93. The number of hydrogen-bond donors (Lipinski definition) is 1. The van der Waals surface area contributed by atoms with E-state index < -0.39 is 0 Å². The molecule has 0 aliphatic carbocycles. The first-order valence-electron chi connectivity index (χ1n) is 8.52. The first kappa shape index (κ1) is 19.1. The van der Waals surface area contributed by atoms with Gasteiger partial charge in [-0.05, 0) is 37.1 Å². The first-order valence-corrected chi connectivity index (χ1v) is 8.90. The third-order valence-corrected chi connectivity index (χ3v) is 4.27. The predicted molar refractivity (Wildman–Crippen MR) is 103 cm³/mol. The van der Waals surface area contributed by atoms with Gasteiger partial charge >= 0.3 is 11.6 Å². The summed E-state index contributed by atoms with van der Waals surface area (Å²) in [6, 6.07) is 7.16. The van der Waals surface area contributed by atoms with Gasteiger partial charge in [-0.2, -0.15) is 4.99 Å². The molecule has 2 aliphatic heterocycles. The number of aliphatic imine (C=N–C) groups is 1. The maximum Gasteiger partial charge on any atom is 0.324 e. The zero-order valence-corrected chi connectivity index (χ0v) is 15.8. The summed E-state index contributed by atoms with van der Waals surface area (Å²) in [5.74, 6) is 0.117. The van der Waals surface area contributed by atoms with Crippen molar-refractivity contribution in [1.29, 1.82) is 0 Å². The van der Waals surface area contributed by atoms with Crippen LogP contribution >= 0.6 is 11.6 Å². The number of benzene rings is 1. The van der Waals surface area contributed by atoms with Crippen LogP contribution in [0.4, 0.5) is 0 Å². The molecular formula is C18H20ClN5O3+. The Bertz CT molecular complexity index is 836. The molecule has 3 rings (SSSR count). The molecule has 0 bridgehead atoms. The fourth-order valence-electron chi connectivity index (χ4n) is 2.64. The van der Waals surface area contributed by atoms with Gasteiger partial charge in [0.15, 0.2) is 6.34 Å². The maximum atomic E-state index is 12.4. The molecule has 0 saturated heterocycles. The van der Waals surface area contributed by atoms with Gasteiger partial charge in [0.05, 0.1) is 11.1 Å². The second-order valence-corrected chi connectivity index (χ2v) is 6.65. The van der Waals surface area contributed by atoms with Crippen LogP contribution in [0.2, 0.25) is 5.02 Å². The second-order valence-electron chi connectivity index (χ2n) is 6.21. The van der Waals surface area contributed by atoms with Crippen molar-refractivity contribution in [1.82, 2.24) is 15.2 Å². The van der Waals surface area contributed by atoms with Gasteiger partial charge in [-0.25, -0.2) is 0 Å². The van der Waals surface area contributed by atoms with Crippen molar-refractivity contribution in [3.05, 3.63) is 40.7 Å². The molecule has 0 fully saturated rings. The monoisotopic (exact) mass is 389 g/mol. The lowest BCUT2D eigenvalue weighted by atomic mass is 10.2. The van der Waals surface area contributed by atoms with E-state index in [1.807, 2.05) is 19.1 Å². The number of hydrogen-bond acceptors (Lipinski definition) is 6. The molecule has 0 spiro atoms. The number of nitrogens with zero attached hydrogens (tertiary/aromatic N) is 4. The summed E-state index contributed by atoms with van der Waals surface area (Å²) in [5.41, 5.74) is 0.947. The van der Waals surface area contributed by atoms with Crippen molar-refractivity contribution in [2.24, 2.45) is 10.1 Å². The second kappa shape index (κ2) is 8.32. The molecule has 0 aromatic heterocycles. The number of halogens is 1. The summed E-state index contributed by atoms with van der Waals surface area (Å²) in [7, 11) is 0. The Labute approximate surface area is 162 Å². The number of ether oxygens (including phenoxy) is 1. The fraction of sp³-hybridized carbons (Fsp3) is 0.333. The Morgan fingerprint density at radius 1 is 1.44 bits per heavy atom. The first-order chi connectivity index (χ1) is 12.9. The van der Waals surface area contributed by atoms with E-state index in [0.717, 1.165) is 0 Å². The number of nitrogens with one attached hydrogen (secondary N) is 1. The molecule has 1 atom stereocenters. The highest BCUT2D eigenvalue weighted by molar-refractivity contribution is 6.30. The van der Waals surface area contributed by atoms with E-state index in [1.165, 1.54) is 22.6 Å². The molecule has 1 aromatic rings. The molecule has 1 radical (unpaired) electrons. The zero-order chi connectivity index (χ0) is 19.4. The minimum Gasteiger partial charge on any atom is -0.491 e. The number of rotatable bonds is 7. The van der Waals surface area contributed by atoms with Crippen molar-refractivity contribution >= 4 is 36.1 Å². The number of amides is 2. The van der Waals surface area contributed by atoms with Crippen LogP contribution < -0.4 is 15.1 Å². The van der Waals surface area contributed by atoms with Crippen LogP contribution in [-0.4, -0.2) is 48.6 Å². The lowest BCUT2D eigenvalue weighted by Crippen LogP contribution is -2.47. The Balaban J connectivity index is 1.43. The molecule has 2 aliphatic rings. The van der Waals surface area contributed by atoms with Crippen molar-refractivity contribution < 1.29 is 14.3 Å². The normalized spacial score (nSPS) is 17.3. The number of fused-ring (bicyclic) bond motifs is 1. The van der Waals surface area contributed by atoms with Gasteiger partial charge in [0, 0.05) is 18.0 Å². The number of hydrazone groups is 1. The average molecular weight is 390 g/mol. The lowest BCUT2D eigenvalue weighted by Gasteiger charge is -2.19. The van der Waals surface area contributed by atoms with Crippen LogP contribution in [0, 0.1) is 0 Å². The van der Waals surface area contributed by atoms with Crippen LogP contribution in [0.25, 0.3) is 0 Å². The van der Waals surface area contributed by atoms with Crippen LogP contribution in [0.3, 0.4) is 0 Å². The van der Waals surface area contributed by atoms with Crippen molar-refractivity contribution in [2.45, 2.75) is 26.4 Å². The summed E-state index contributed by atoms with van der Waals surface area (Å²) in [4.78, 5) is 29.9. The largest absolute Gasteiger partial charge is 0.491 e. The molecule has 1 unspecified atom stereocenters. The summed E-state index contributed by atoms with van der Waals surface area (Å²) < 4.78 is 5.76. The maximum absolute atomic E-state index is 12.4. The number of allylic oxidation sites excluding steroid dienone is 1. The average Bonchev–Trinajstić information content (AvgIpc) is 2.99. The molecule has 2 amide bonds. The molecule has 141 valence electrons. The van der Waals surface area contributed by atoms with E-state index in [4.69, 9.17) is 16.3 Å². The highest BCUT2D eigenvalue weighted by Gasteiger charge is 2.42. The summed E-state index contributed by atoms with van der Waals surface area (Å²) in [6.45, 7) is 3.97. The Morgan fingerprint density at radius 2 is 2.26 bits per heavy atom. The van der Waals surface area contributed by atoms with E-state index in [9.17, 15) is 9.59 Å². The van der Waals surface area contributed by atoms with Crippen molar-refractivity contribution in [3.8, 4) is 5.75 Å². The predicted octanol–water partition coefficient (Wildman–Crippen LogP) is 1.81. The van der Waals surface area contributed by atoms with Crippen LogP contribution in [0.1, 0.15) is 20.3 Å². The molecular weight excluding hydrogens is 370 g/mol. The van der Waals surface area contributed by atoms with Gasteiger partial charge in [-0.15, -0.1) is 0 Å². The third kappa shape index (κ3) is 4.72. The van der Waals surface area contributed by atoms with Crippen LogP contribution in [0.15, 0.2) is 45.8 Å². The van der Waals surface area contributed by atoms with E-state index in [-0.39, 0.29) is 24.5 Å². The molecule has 2 heterocycles. The zero-order valence-electron chi connectivity index (χ0n) is 15.1. The Morgan fingerprint density at radius 3 is 3.04 bits per heavy atom. The van der Waals surface area contributed by atoms with E-state index in [1.54, 1.807) is 19.1 Å². The van der Waals surface area contributed by atoms with E-state index in [0.29, 0.717) is 35.1 Å². The molecule has 8 nitrogen and oxygen atoms in total. The van der Waals surface area contributed by atoms with E-state index in [2.05, 4.69) is 15.4 Å². The van der Waals surface area contributed by atoms with Crippen LogP contribution in [0.5, 0.6) is 5.75 Å². The highest BCUT2D eigenvalue weighted by Crippen LogP contribution is 2.20. The van der Waals surface area contributed by atoms with Crippen LogP contribution in [-0.2, 0) is 9.59 Å². The van der Waals surface area contributed by atoms with Crippen molar-refractivity contribution in [2.75, 3.05) is 13.1 Å². The molecule has 1 N–H and O–H groups in total. The summed E-state index contributed by atoms with van der Waals surface area (Å²) in [6.07, 6.45) is 3.32. The molecule has 9 heteroatoms. The Hall–Kier alpha value is -2.71. The van der Waals surface area contributed by atoms with Gasteiger partial charge in [0.2, 0.25) is 5.91 Å². The topological polar surface area (TPSA) is 89.3 Å². The smallest absolute Gasteiger partial charge is 0.324 e. The van der Waals surface area contributed by atoms with Gasteiger partial charge in [0.25, 0.3) is 6.34 Å². The Kier molecular flexibility index (Phi) is 5.88. The van der Waals surface area contributed by atoms with Gasteiger partial charge in [-0.3, -0.25) is 14.5 Å². The number of carbonyl (C=O) groups excluding carboxylic acids is 2. The molecule has 27 heavy (non-hydrogen) atoms. The fourth-order valence-corrected chi connectivity index (χ4v) is 2.82. The molecule has 1 aromatic carbocycles. The van der Waals surface area contributed by atoms with Gasteiger partial charge in [0.1, 0.15) is 18.0 Å². The minimum atomic E-state index is -0.298. The summed E-state index contributed by atoms with van der Waals surface area (Å²) in [5, 5.41) is 8.89. The van der Waals surface area contributed by atoms with E-state index >= 15 is 0 Å². The van der Waals surface area contributed by atoms with Crippen molar-refractivity contribution in [3.63, 3.8) is 0 Å². The third-order valence-electron chi connectivity index (χ3n) is 4.03. The quantitative estimate of drug-likeness (QED) is 0.721. The highest BCUT2D eigenvalue weighted by atomic mass is 35.5. The van der Waals surface area contributed by atoms with Gasteiger partial charge < -0.3 is 10.1 Å².